The number of aliphatic hydroxyl groups excluding tert-OH is 1. The van der Waals surface area contributed by atoms with Crippen LogP contribution in [0.25, 0.3) is 0 Å². The Morgan fingerprint density at radius 1 is 1.53 bits per heavy atom. The zero-order valence-corrected chi connectivity index (χ0v) is 8.99. The van der Waals surface area contributed by atoms with Gasteiger partial charge in [-0.2, -0.15) is 0 Å². The fourth-order valence-electron chi connectivity index (χ4n) is 0.307. The number of nitrogens with two attached hydrogens (primary N) is 1. The molecule has 15 heavy (non-hydrogen) atoms. The molecule has 0 saturated carbocycles. The summed E-state index contributed by atoms with van der Waals surface area (Å²) in [6, 6.07) is 0. The molecule has 1 amide bonds. The Labute approximate surface area is 88.8 Å². The number of carbonyl (C=O) groups is 2. The third-order valence-corrected chi connectivity index (χ3v) is 1.13. The van der Waals surface area contributed by atoms with E-state index in [4.69, 9.17) is 15.9 Å². The van der Waals surface area contributed by atoms with Gasteiger partial charge in [-0.05, 0) is 13.8 Å². The Hall–Kier alpha value is -1.40. The third-order valence-electron chi connectivity index (χ3n) is 1.13. The molecule has 5 N–H and O–H groups in total. The summed E-state index contributed by atoms with van der Waals surface area (Å²) in [7, 11) is 0. The maximum atomic E-state index is 10.6. The first-order valence-electron chi connectivity index (χ1n) is 4.34. The van der Waals surface area contributed by atoms with Gasteiger partial charge in [0, 0.05) is 12.1 Å². The van der Waals surface area contributed by atoms with Gasteiger partial charge >= 0.3 is 5.97 Å². The van der Waals surface area contributed by atoms with E-state index in [0.717, 1.165) is 0 Å². The maximum absolute atomic E-state index is 10.6. The standard InChI is InChI=1S/C6H9NO3.C3H9NO/c1-4(2)6(10)7-3-5(8)9;1-3(5)2-4/h1,3H2,2H3,(H,7,10)(H,8,9);3,5H,2,4H2,1H3. The van der Waals surface area contributed by atoms with Crippen molar-refractivity contribution in [1.82, 2.24) is 5.32 Å². The van der Waals surface area contributed by atoms with Crippen LogP contribution in [0, 0.1) is 0 Å². The van der Waals surface area contributed by atoms with E-state index in [1.165, 1.54) is 6.92 Å². The zero-order chi connectivity index (χ0) is 12.4. The number of hydrogen-bond acceptors (Lipinski definition) is 4. The molecule has 1 unspecified atom stereocenters. The van der Waals surface area contributed by atoms with Crippen molar-refractivity contribution >= 4 is 11.9 Å². The van der Waals surface area contributed by atoms with Crippen molar-refractivity contribution in [1.29, 1.82) is 0 Å². The van der Waals surface area contributed by atoms with Gasteiger partial charge in [-0.15, -0.1) is 0 Å². The average molecular weight is 218 g/mol. The first kappa shape index (κ1) is 16.0. The van der Waals surface area contributed by atoms with Crippen molar-refractivity contribution in [3.8, 4) is 0 Å². The van der Waals surface area contributed by atoms with E-state index in [1.807, 2.05) is 0 Å². The Balaban J connectivity index is 0. The van der Waals surface area contributed by atoms with Crippen LogP contribution in [0.5, 0.6) is 0 Å². The van der Waals surface area contributed by atoms with E-state index in [2.05, 4.69) is 11.9 Å². The molecule has 6 nitrogen and oxygen atoms in total. The molecule has 0 saturated heterocycles. The predicted octanol–water partition coefficient (Wildman–Crippen LogP) is -0.911. The van der Waals surface area contributed by atoms with E-state index < -0.39 is 11.9 Å². The number of amides is 1. The Morgan fingerprint density at radius 2 is 1.93 bits per heavy atom. The lowest BCUT2D eigenvalue weighted by atomic mass is 10.3. The predicted molar refractivity (Wildman–Crippen MR) is 56.2 cm³/mol. The molecule has 0 spiro atoms. The highest BCUT2D eigenvalue weighted by atomic mass is 16.4. The number of carbonyl (C=O) groups excluding carboxylic acids is 1. The fourth-order valence-corrected chi connectivity index (χ4v) is 0.307. The summed E-state index contributed by atoms with van der Waals surface area (Å²) in [6.45, 7) is 6.50. The number of aliphatic hydroxyl groups is 1. The van der Waals surface area contributed by atoms with Crippen LogP contribution in [0.3, 0.4) is 0 Å². The largest absolute Gasteiger partial charge is 0.480 e. The summed E-state index contributed by atoms with van der Waals surface area (Å²) >= 11 is 0. The van der Waals surface area contributed by atoms with Crippen molar-refractivity contribution in [2.45, 2.75) is 20.0 Å². The number of nitrogens with one attached hydrogen (secondary N) is 1. The minimum atomic E-state index is -1.06. The number of carboxylic acids is 1. The van der Waals surface area contributed by atoms with Crippen molar-refractivity contribution in [2.75, 3.05) is 13.1 Å². The highest BCUT2D eigenvalue weighted by Gasteiger charge is 2.02. The molecule has 88 valence electrons. The normalized spacial score (nSPS) is 10.7. The Morgan fingerprint density at radius 3 is 2.13 bits per heavy atom. The summed E-state index contributed by atoms with van der Waals surface area (Å²) in [5.41, 5.74) is 5.23. The first-order chi connectivity index (χ1) is 6.81. The van der Waals surface area contributed by atoms with Crippen molar-refractivity contribution < 1.29 is 19.8 Å². The zero-order valence-electron chi connectivity index (χ0n) is 8.99. The van der Waals surface area contributed by atoms with Crippen LogP contribution >= 0.6 is 0 Å². The topological polar surface area (TPSA) is 113 Å². The van der Waals surface area contributed by atoms with Gasteiger partial charge in [-0.25, -0.2) is 0 Å². The van der Waals surface area contributed by atoms with Crippen LogP contribution in [0.4, 0.5) is 0 Å². The SMILES string of the molecule is C=C(C)C(=O)NCC(=O)O.CC(O)CN. The molecule has 0 aliphatic heterocycles. The highest BCUT2D eigenvalue weighted by Crippen LogP contribution is 1.83. The molecule has 0 bridgehead atoms. The van der Waals surface area contributed by atoms with Crippen molar-refractivity contribution in [3.63, 3.8) is 0 Å². The van der Waals surface area contributed by atoms with Gasteiger partial charge in [0.15, 0.2) is 0 Å². The molecule has 0 heterocycles. The highest BCUT2D eigenvalue weighted by molar-refractivity contribution is 5.93. The smallest absolute Gasteiger partial charge is 0.322 e. The minimum absolute atomic E-state index is 0.307. The summed E-state index contributed by atoms with van der Waals surface area (Å²) in [5, 5.41) is 18.5. The van der Waals surface area contributed by atoms with E-state index in [1.54, 1.807) is 6.92 Å². The molecule has 0 aliphatic rings. The number of hydrogen-bond donors (Lipinski definition) is 4. The van der Waals surface area contributed by atoms with Crippen LogP contribution in [-0.2, 0) is 9.59 Å². The van der Waals surface area contributed by atoms with Gasteiger partial charge < -0.3 is 21.3 Å². The summed E-state index contributed by atoms with van der Waals surface area (Å²) in [4.78, 5) is 20.5. The number of rotatable bonds is 4. The fraction of sp³-hybridized carbons (Fsp3) is 0.556. The quantitative estimate of drug-likeness (QED) is 0.456. The average Bonchev–Trinajstić information content (AvgIpc) is 2.14. The summed E-state index contributed by atoms with van der Waals surface area (Å²) < 4.78 is 0. The molecule has 0 aromatic rings. The lowest BCUT2D eigenvalue weighted by molar-refractivity contribution is -0.137. The molecule has 6 heteroatoms. The van der Waals surface area contributed by atoms with E-state index >= 15 is 0 Å². The van der Waals surface area contributed by atoms with Gasteiger partial charge in [0.2, 0.25) is 5.91 Å². The molecule has 0 aliphatic carbocycles. The van der Waals surface area contributed by atoms with Crippen molar-refractivity contribution in [2.24, 2.45) is 5.73 Å². The minimum Gasteiger partial charge on any atom is -0.480 e. The summed E-state index contributed by atoms with van der Waals surface area (Å²) in [6.07, 6.45) is -0.338. The maximum Gasteiger partial charge on any atom is 0.322 e. The monoisotopic (exact) mass is 218 g/mol. The van der Waals surface area contributed by atoms with Crippen LogP contribution in [0.2, 0.25) is 0 Å². The van der Waals surface area contributed by atoms with E-state index in [9.17, 15) is 9.59 Å². The van der Waals surface area contributed by atoms with Gasteiger partial charge in [-0.1, -0.05) is 6.58 Å². The van der Waals surface area contributed by atoms with E-state index in [-0.39, 0.29) is 12.6 Å². The lowest BCUT2D eigenvalue weighted by Gasteiger charge is -1.98. The van der Waals surface area contributed by atoms with Gasteiger partial charge in [0.25, 0.3) is 0 Å². The second kappa shape index (κ2) is 9.17. The molecule has 0 fully saturated rings. The molecule has 1 atom stereocenters. The third kappa shape index (κ3) is 15.4. The molecule has 0 rings (SSSR count). The van der Waals surface area contributed by atoms with Gasteiger partial charge in [-0.3, -0.25) is 9.59 Å². The molecule has 0 aromatic heterocycles. The Kier molecular flexibility index (Phi) is 9.81. The van der Waals surface area contributed by atoms with Crippen molar-refractivity contribution in [3.05, 3.63) is 12.2 Å². The number of aliphatic carboxylic acids is 1. The second-order valence-corrected chi connectivity index (χ2v) is 2.94. The molecule has 0 radical (unpaired) electrons. The van der Waals surface area contributed by atoms with Crippen LogP contribution in [0.15, 0.2) is 12.2 Å². The molecular formula is C9H18N2O4. The summed E-state index contributed by atoms with van der Waals surface area (Å²) in [5.74, 6) is -1.49. The van der Waals surface area contributed by atoms with Crippen LogP contribution in [-0.4, -0.2) is 41.3 Å². The van der Waals surface area contributed by atoms with Crippen LogP contribution in [0.1, 0.15) is 13.8 Å². The first-order valence-corrected chi connectivity index (χ1v) is 4.34. The second-order valence-electron chi connectivity index (χ2n) is 2.94. The van der Waals surface area contributed by atoms with Gasteiger partial charge in [0.05, 0.1) is 6.10 Å². The van der Waals surface area contributed by atoms with Crippen LogP contribution < -0.4 is 11.1 Å². The van der Waals surface area contributed by atoms with Gasteiger partial charge in [0.1, 0.15) is 6.54 Å². The molecular weight excluding hydrogens is 200 g/mol. The molecule has 0 aromatic carbocycles. The van der Waals surface area contributed by atoms with E-state index in [0.29, 0.717) is 12.1 Å². The lowest BCUT2D eigenvalue weighted by Crippen LogP contribution is -2.29. The Bertz CT molecular complexity index is 226. The number of carboxylic acid groups (broad SMARTS) is 1.